The number of halogens is 1. The molecule has 2 aromatic rings. The first kappa shape index (κ1) is 21.8. The zero-order valence-corrected chi connectivity index (χ0v) is 18.3. The van der Waals surface area contributed by atoms with Gasteiger partial charge in [0.15, 0.2) is 9.84 Å². The summed E-state index contributed by atoms with van der Waals surface area (Å²) >= 11 is 5.91. The molecule has 7 nitrogen and oxygen atoms in total. The number of rotatable bonds is 6. The lowest BCUT2D eigenvalue weighted by atomic mass is 10.1. The van der Waals surface area contributed by atoms with Gasteiger partial charge in [-0.3, -0.25) is 9.56 Å². The molecule has 1 N–H and O–H groups in total. The van der Waals surface area contributed by atoms with E-state index in [4.69, 9.17) is 11.6 Å². The second kappa shape index (κ2) is 7.71. The summed E-state index contributed by atoms with van der Waals surface area (Å²) in [6.07, 6.45) is 0.740. The molecule has 0 spiro atoms. The molecule has 0 aliphatic carbocycles. The van der Waals surface area contributed by atoms with Gasteiger partial charge in [0.1, 0.15) is 4.75 Å². The highest BCUT2D eigenvalue weighted by atomic mass is 35.5. The Morgan fingerprint density at radius 1 is 1.03 bits per heavy atom. The molecule has 1 aliphatic rings. The Balaban J connectivity index is 1.79. The van der Waals surface area contributed by atoms with E-state index in [1.54, 1.807) is 29.3 Å². The molecule has 0 bridgehead atoms. The summed E-state index contributed by atoms with van der Waals surface area (Å²) in [4.78, 5) is -0.0147. The van der Waals surface area contributed by atoms with E-state index in [2.05, 4.69) is 5.10 Å². The molecule has 10 heteroatoms. The molecule has 0 atom stereocenters. The van der Waals surface area contributed by atoms with Crippen LogP contribution < -0.4 is 5.01 Å². The molecular formula is C19H21ClN2O5S2. The Morgan fingerprint density at radius 3 is 2.17 bits per heavy atom. The average molecular weight is 457 g/mol. The van der Waals surface area contributed by atoms with Crippen LogP contribution in [-0.2, 0) is 20.0 Å². The molecule has 3 rings (SSSR count). The smallest absolute Gasteiger partial charge is 0.271 e. The Labute approximate surface area is 175 Å². The van der Waals surface area contributed by atoms with Gasteiger partial charge < -0.3 is 0 Å². The predicted molar refractivity (Wildman–Crippen MR) is 114 cm³/mol. The molecule has 2 aromatic carbocycles. The fourth-order valence-electron chi connectivity index (χ4n) is 2.93. The van der Waals surface area contributed by atoms with Crippen LogP contribution in [0.1, 0.15) is 25.8 Å². The lowest BCUT2D eigenvalue weighted by molar-refractivity contribution is 0.448. The van der Waals surface area contributed by atoms with Crippen LogP contribution in [0.4, 0.5) is 5.69 Å². The van der Waals surface area contributed by atoms with E-state index in [0.29, 0.717) is 11.6 Å². The standard InChI is InChI=1S/C19H21ClN2O5S2/c1-19(2,29(25,26)27)13-28(23,24)17-9-7-16(8-10-17)22-12-11-18(21-22)14-3-5-15(20)6-4-14/h3-10H,11-13H2,1-2H3,(H,25,26,27). The van der Waals surface area contributed by atoms with Crippen LogP contribution in [0.5, 0.6) is 0 Å². The fraction of sp³-hybridized carbons (Fsp3) is 0.316. The van der Waals surface area contributed by atoms with Gasteiger partial charge in [-0.15, -0.1) is 0 Å². The van der Waals surface area contributed by atoms with Crippen molar-refractivity contribution in [2.45, 2.75) is 29.9 Å². The van der Waals surface area contributed by atoms with Crippen molar-refractivity contribution in [2.24, 2.45) is 5.10 Å². The molecule has 0 unspecified atom stereocenters. The molecule has 0 aromatic heterocycles. The second-order valence-corrected chi connectivity index (χ2v) is 11.9. The van der Waals surface area contributed by atoms with Crippen LogP contribution in [0.15, 0.2) is 58.5 Å². The van der Waals surface area contributed by atoms with Gasteiger partial charge in [-0.1, -0.05) is 23.7 Å². The summed E-state index contributed by atoms with van der Waals surface area (Å²) in [6.45, 7) is 3.00. The quantitative estimate of drug-likeness (QED) is 0.668. The SMILES string of the molecule is CC(C)(CS(=O)(=O)c1ccc(N2CCC(c3ccc(Cl)cc3)=N2)cc1)S(=O)(=O)O. The molecule has 1 aliphatic heterocycles. The topological polar surface area (TPSA) is 104 Å². The third-order valence-electron chi connectivity index (χ3n) is 4.71. The van der Waals surface area contributed by atoms with Crippen LogP contribution in [0, 0.1) is 0 Å². The van der Waals surface area contributed by atoms with E-state index in [9.17, 15) is 21.4 Å². The normalized spacial score (nSPS) is 15.4. The molecule has 29 heavy (non-hydrogen) atoms. The number of nitrogens with zero attached hydrogens (tertiary/aromatic N) is 2. The lowest BCUT2D eigenvalue weighted by Gasteiger charge is -2.21. The fourth-order valence-corrected chi connectivity index (χ4v) is 5.75. The van der Waals surface area contributed by atoms with E-state index in [0.717, 1.165) is 23.4 Å². The van der Waals surface area contributed by atoms with Crippen LogP contribution >= 0.6 is 11.6 Å². The number of benzene rings is 2. The molecular weight excluding hydrogens is 436 g/mol. The van der Waals surface area contributed by atoms with Gasteiger partial charge in [-0.2, -0.15) is 13.5 Å². The predicted octanol–water partition coefficient (Wildman–Crippen LogP) is 3.39. The molecule has 0 saturated heterocycles. The third kappa shape index (κ3) is 4.80. The summed E-state index contributed by atoms with van der Waals surface area (Å²) in [7, 11) is -8.42. The monoisotopic (exact) mass is 456 g/mol. The Kier molecular flexibility index (Phi) is 5.79. The van der Waals surface area contributed by atoms with Crippen LogP contribution in [0.2, 0.25) is 5.02 Å². The minimum absolute atomic E-state index is 0.0147. The van der Waals surface area contributed by atoms with Gasteiger partial charge in [-0.05, 0) is 55.8 Å². The van der Waals surface area contributed by atoms with Crippen LogP contribution in [0.25, 0.3) is 0 Å². The maximum Gasteiger partial charge on any atom is 0.271 e. The van der Waals surface area contributed by atoms with Crippen molar-refractivity contribution in [1.29, 1.82) is 0 Å². The zero-order valence-electron chi connectivity index (χ0n) is 15.9. The van der Waals surface area contributed by atoms with Gasteiger partial charge in [0.25, 0.3) is 10.1 Å². The molecule has 156 valence electrons. The molecule has 1 heterocycles. The van der Waals surface area contributed by atoms with Crippen molar-refractivity contribution >= 4 is 43.0 Å². The summed E-state index contributed by atoms with van der Waals surface area (Å²) in [5.74, 6) is -0.721. The zero-order chi connectivity index (χ0) is 21.4. The van der Waals surface area contributed by atoms with Gasteiger partial charge in [-0.25, -0.2) is 8.42 Å². The molecule has 0 radical (unpaired) electrons. The first-order valence-electron chi connectivity index (χ1n) is 8.80. The summed E-state index contributed by atoms with van der Waals surface area (Å²) in [5, 5.41) is 7.02. The number of sulfone groups is 1. The first-order valence-corrected chi connectivity index (χ1v) is 12.3. The van der Waals surface area contributed by atoms with Crippen molar-refractivity contribution in [1.82, 2.24) is 0 Å². The van der Waals surface area contributed by atoms with Gasteiger partial charge >= 0.3 is 0 Å². The highest BCUT2D eigenvalue weighted by Crippen LogP contribution is 2.26. The van der Waals surface area contributed by atoms with Gasteiger partial charge in [0.05, 0.1) is 22.0 Å². The minimum Gasteiger partial charge on any atom is -0.285 e. The van der Waals surface area contributed by atoms with Crippen molar-refractivity contribution in [3.8, 4) is 0 Å². The van der Waals surface area contributed by atoms with Crippen LogP contribution in [-0.4, -0.2) is 44.1 Å². The highest BCUT2D eigenvalue weighted by Gasteiger charge is 2.38. The Morgan fingerprint density at radius 2 is 1.62 bits per heavy atom. The average Bonchev–Trinajstić information content (AvgIpc) is 3.11. The number of hydrogen-bond acceptors (Lipinski definition) is 6. The summed E-state index contributed by atoms with van der Waals surface area (Å²) in [5.41, 5.74) is 2.61. The largest absolute Gasteiger partial charge is 0.285 e. The minimum atomic E-state index is -4.51. The van der Waals surface area contributed by atoms with Crippen LogP contribution in [0.3, 0.4) is 0 Å². The summed E-state index contributed by atoms with van der Waals surface area (Å²) < 4.78 is 55.4. The van der Waals surface area contributed by atoms with Crippen molar-refractivity contribution in [3.63, 3.8) is 0 Å². The molecule has 0 saturated carbocycles. The van der Waals surface area contributed by atoms with E-state index in [-0.39, 0.29) is 4.90 Å². The maximum absolute atomic E-state index is 12.6. The maximum atomic E-state index is 12.6. The number of anilines is 1. The second-order valence-electron chi connectivity index (χ2n) is 7.41. The van der Waals surface area contributed by atoms with E-state index < -0.39 is 30.5 Å². The first-order chi connectivity index (χ1) is 13.4. The van der Waals surface area contributed by atoms with Gasteiger partial charge in [0, 0.05) is 18.0 Å². The summed E-state index contributed by atoms with van der Waals surface area (Å²) in [6, 6.07) is 13.5. The molecule has 0 amide bonds. The third-order valence-corrected chi connectivity index (χ3v) is 8.78. The molecule has 0 fully saturated rings. The van der Waals surface area contributed by atoms with Gasteiger partial charge in [0.2, 0.25) is 0 Å². The highest BCUT2D eigenvalue weighted by molar-refractivity contribution is 7.93. The van der Waals surface area contributed by atoms with Crippen molar-refractivity contribution < 1.29 is 21.4 Å². The van der Waals surface area contributed by atoms with E-state index >= 15 is 0 Å². The van der Waals surface area contributed by atoms with Crippen molar-refractivity contribution in [2.75, 3.05) is 17.3 Å². The Hall–Kier alpha value is -1.94. The lowest BCUT2D eigenvalue weighted by Crippen LogP contribution is -2.38. The van der Waals surface area contributed by atoms with E-state index in [1.165, 1.54) is 26.0 Å². The van der Waals surface area contributed by atoms with E-state index in [1.807, 2.05) is 12.1 Å². The number of hydrogen-bond donors (Lipinski definition) is 1. The van der Waals surface area contributed by atoms with Crippen molar-refractivity contribution in [3.05, 3.63) is 59.1 Å². The Bertz CT molecular complexity index is 1140. The number of hydrazone groups is 1.